The smallest absolute Gasteiger partial charge is 0.143 e. The van der Waals surface area contributed by atoms with E-state index in [0.29, 0.717) is 6.54 Å². The standard InChI is InChI=1S/C48H33NO/c1-4-15-34(16-5-1)37-21-12-14-33(28-37)32-49-47(40-23-13-22-38(29-40)35-17-6-2-7-18-35)44-31-45-43-30-39(36-19-8-3-9-20-36)26-27-46(43)50-48(45)42-25-11-10-24-41(42)44/h1-31H,32H2/b49-47+. The lowest BCUT2D eigenvalue weighted by atomic mass is 9.92. The molecule has 0 radical (unpaired) electrons. The van der Waals surface area contributed by atoms with Gasteiger partial charge in [-0.2, -0.15) is 0 Å². The SMILES string of the molecule is c1ccc(-c2cccc(C/N=C(\c3cccc(-c4ccccc4)c3)c3cc4c5cc(-c6ccccc6)ccc5oc4c4ccccc34)c2)cc1. The molecular weight excluding hydrogens is 607 g/mol. The first kappa shape index (κ1) is 29.6. The van der Waals surface area contributed by atoms with Gasteiger partial charge in [-0.05, 0) is 74.7 Å². The van der Waals surface area contributed by atoms with Gasteiger partial charge in [-0.1, -0.05) is 158 Å². The average Bonchev–Trinajstić information content (AvgIpc) is 3.57. The average molecular weight is 640 g/mol. The van der Waals surface area contributed by atoms with Crippen molar-refractivity contribution in [3.63, 3.8) is 0 Å². The van der Waals surface area contributed by atoms with Gasteiger partial charge in [-0.15, -0.1) is 0 Å². The predicted octanol–water partition coefficient (Wildman–Crippen LogP) is 12.8. The number of hydrogen-bond acceptors (Lipinski definition) is 2. The molecule has 0 spiro atoms. The molecule has 0 N–H and O–H groups in total. The number of aliphatic imine (C=N–C) groups is 1. The zero-order valence-electron chi connectivity index (χ0n) is 27.5. The van der Waals surface area contributed by atoms with Gasteiger partial charge in [-0.3, -0.25) is 4.99 Å². The van der Waals surface area contributed by atoms with Crippen LogP contribution in [0.3, 0.4) is 0 Å². The summed E-state index contributed by atoms with van der Waals surface area (Å²) in [5.41, 5.74) is 13.1. The fourth-order valence-corrected chi connectivity index (χ4v) is 7.06. The monoisotopic (exact) mass is 639 g/mol. The van der Waals surface area contributed by atoms with Crippen LogP contribution in [0.15, 0.2) is 197 Å². The largest absolute Gasteiger partial charge is 0.455 e. The number of furan rings is 1. The molecule has 0 aliphatic rings. The van der Waals surface area contributed by atoms with E-state index in [1.165, 1.54) is 27.8 Å². The first-order chi connectivity index (χ1) is 24.8. The summed E-state index contributed by atoms with van der Waals surface area (Å²) in [5, 5.41) is 4.38. The Kier molecular flexibility index (Phi) is 7.60. The third-order valence-corrected chi connectivity index (χ3v) is 9.54. The second-order valence-electron chi connectivity index (χ2n) is 12.7. The van der Waals surface area contributed by atoms with Crippen LogP contribution in [0.2, 0.25) is 0 Å². The number of fused-ring (bicyclic) bond motifs is 5. The maximum Gasteiger partial charge on any atom is 0.143 e. The second-order valence-corrected chi connectivity index (χ2v) is 12.7. The van der Waals surface area contributed by atoms with E-state index < -0.39 is 0 Å². The molecule has 1 aromatic heterocycles. The Morgan fingerprint density at radius 3 is 1.64 bits per heavy atom. The highest BCUT2D eigenvalue weighted by molar-refractivity contribution is 6.26. The highest BCUT2D eigenvalue weighted by Gasteiger charge is 2.19. The molecule has 0 fully saturated rings. The Labute approximate surface area is 291 Å². The first-order valence-electron chi connectivity index (χ1n) is 17.1. The van der Waals surface area contributed by atoms with Crippen molar-refractivity contribution in [1.82, 2.24) is 0 Å². The van der Waals surface area contributed by atoms with Crippen LogP contribution in [0.1, 0.15) is 16.7 Å². The number of benzene rings is 8. The minimum absolute atomic E-state index is 0.544. The predicted molar refractivity (Wildman–Crippen MR) is 210 cm³/mol. The summed E-state index contributed by atoms with van der Waals surface area (Å²) in [7, 11) is 0. The molecule has 0 saturated heterocycles. The molecule has 0 aliphatic carbocycles. The molecule has 50 heavy (non-hydrogen) atoms. The fourth-order valence-electron chi connectivity index (χ4n) is 7.06. The van der Waals surface area contributed by atoms with E-state index in [-0.39, 0.29) is 0 Å². The molecule has 0 amide bonds. The molecule has 0 aliphatic heterocycles. The van der Waals surface area contributed by atoms with E-state index in [2.05, 4.69) is 188 Å². The van der Waals surface area contributed by atoms with Crippen molar-refractivity contribution >= 4 is 38.4 Å². The molecule has 0 unspecified atom stereocenters. The summed E-state index contributed by atoms with van der Waals surface area (Å²) < 4.78 is 6.62. The normalized spacial score (nSPS) is 11.8. The van der Waals surface area contributed by atoms with E-state index >= 15 is 0 Å². The van der Waals surface area contributed by atoms with E-state index in [9.17, 15) is 0 Å². The molecule has 0 saturated carbocycles. The van der Waals surface area contributed by atoms with Crippen LogP contribution in [-0.4, -0.2) is 5.71 Å². The third-order valence-electron chi connectivity index (χ3n) is 9.54. The lowest BCUT2D eigenvalue weighted by molar-refractivity contribution is 0.672. The zero-order valence-corrected chi connectivity index (χ0v) is 27.5. The van der Waals surface area contributed by atoms with Crippen molar-refractivity contribution in [3.8, 4) is 33.4 Å². The van der Waals surface area contributed by atoms with Gasteiger partial charge in [0, 0.05) is 27.3 Å². The third kappa shape index (κ3) is 5.57. The van der Waals surface area contributed by atoms with Gasteiger partial charge in [0.15, 0.2) is 0 Å². The highest BCUT2D eigenvalue weighted by atomic mass is 16.3. The summed E-state index contributed by atoms with van der Waals surface area (Å²) in [5.74, 6) is 0. The highest BCUT2D eigenvalue weighted by Crippen LogP contribution is 2.39. The summed E-state index contributed by atoms with van der Waals surface area (Å²) in [6.45, 7) is 0.544. The maximum absolute atomic E-state index is 6.62. The van der Waals surface area contributed by atoms with Gasteiger partial charge in [0.25, 0.3) is 0 Å². The zero-order chi connectivity index (χ0) is 33.3. The van der Waals surface area contributed by atoms with Crippen LogP contribution in [0.4, 0.5) is 0 Å². The summed E-state index contributed by atoms with van der Waals surface area (Å²) in [4.78, 5) is 5.48. The molecule has 236 valence electrons. The van der Waals surface area contributed by atoms with Crippen molar-refractivity contribution in [2.45, 2.75) is 6.54 Å². The van der Waals surface area contributed by atoms with Gasteiger partial charge in [0.05, 0.1) is 12.3 Å². The van der Waals surface area contributed by atoms with E-state index in [4.69, 9.17) is 9.41 Å². The van der Waals surface area contributed by atoms with Crippen molar-refractivity contribution in [2.24, 2.45) is 4.99 Å². The van der Waals surface area contributed by atoms with Crippen LogP contribution in [-0.2, 0) is 6.54 Å². The second kappa shape index (κ2) is 12.8. The Balaban J connectivity index is 1.26. The Morgan fingerprint density at radius 2 is 0.960 bits per heavy atom. The number of nitrogens with zero attached hydrogens (tertiary/aromatic N) is 1. The summed E-state index contributed by atoms with van der Waals surface area (Å²) in [6, 6.07) is 66.5. The lowest BCUT2D eigenvalue weighted by Gasteiger charge is -2.14. The summed E-state index contributed by atoms with van der Waals surface area (Å²) >= 11 is 0. The minimum Gasteiger partial charge on any atom is -0.455 e. The number of hydrogen-bond donors (Lipinski definition) is 0. The van der Waals surface area contributed by atoms with Crippen molar-refractivity contribution < 1.29 is 4.42 Å². The van der Waals surface area contributed by atoms with Crippen LogP contribution in [0.25, 0.3) is 66.1 Å². The van der Waals surface area contributed by atoms with Crippen molar-refractivity contribution in [2.75, 3.05) is 0 Å². The maximum atomic E-state index is 6.62. The minimum atomic E-state index is 0.544. The van der Waals surface area contributed by atoms with Crippen LogP contribution in [0.5, 0.6) is 0 Å². The lowest BCUT2D eigenvalue weighted by Crippen LogP contribution is -2.06. The molecule has 1 heterocycles. The van der Waals surface area contributed by atoms with Crippen LogP contribution in [0, 0.1) is 0 Å². The van der Waals surface area contributed by atoms with E-state index in [1.807, 2.05) is 0 Å². The quantitative estimate of drug-likeness (QED) is 0.159. The fraction of sp³-hybridized carbons (Fsp3) is 0.0208. The number of rotatable bonds is 7. The first-order valence-corrected chi connectivity index (χ1v) is 17.1. The van der Waals surface area contributed by atoms with Crippen molar-refractivity contribution in [1.29, 1.82) is 0 Å². The van der Waals surface area contributed by atoms with Crippen LogP contribution < -0.4 is 0 Å². The molecule has 8 aromatic carbocycles. The molecule has 2 nitrogen and oxygen atoms in total. The van der Waals surface area contributed by atoms with Gasteiger partial charge in [0.2, 0.25) is 0 Å². The van der Waals surface area contributed by atoms with Crippen molar-refractivity contribution in [3.05, 3.63) is 205 Å². The Bertz CT molecular complexity index is 2650. The van der Waals surface area contributed by atoms with Crippen LogP contribution >= 0.6 is 0 Å². The Morgan fingerprint density at radius 1 is 0.400 bits per heavy atom. The van der Waals surface area contributed by atoms with Gasteiger partial charge >= 0.3 is 0 Å². The molecule has 2 heteroatoms. The molecular formula is C48H33NO. The van der Waals surface area contributed by atoms with Gasteiger partial charge < -0.3 is 4.42 Å². The van der Waals surface area contributed by atoms with E-state index in [1.54, 1.807) is 0 Å². The molecule has 9 rings (SSSR count). The van der Waals surface area contributed by atoms with E-state index in [0.717, 1.165) is 60.7 Å². The van der Waals surface area contributed by atoms with Gasteiger partial charge in [0.1, 0.15) is 11.2 Å². The summed E-state index contributed by atoms with van der Waals surface area (Å²) in [6.07, 6.45) is 0. The Hall–Kier alpha value is -6.51. The van der Waals surface area contributed by atoms with Gasteiger partial charge in [-0.25, -0.2) is 0 Å². The molecule has 0 atom stereocenters. The molecule has 9 aromatic rings. The molecule has 0 bridgehead atoms. The topological polar surface area (TPSA) is 25.5 Å².